The molecule has 0 heterocycles. The van der Waals surface area contributed by atoms with E-state index in [-0.39, 0.29) is 17.7 Å². The summed E-state index contributed by atoms with van der Waals surface area (Å²) in [5.74, 6) is 0.563. The summed E-state index contributed by atoms with van der Waals surface area (Å²) in [6.07, 6.45) is 6.92. The maximum atomic E-state index is 12.4. The fourth-order valence-corrected chi connectivity index (χ4v) is 3.97. The third kappa shape index (κ3) is 6.78. The number of anilines is 1. The van der Waals surface area contributed by atoms with Crippen molar-refractivity contribution in [3.05, 3.63) is 95.6 Å². The number of hydrogen-bond donors (Lipinski definition) is 2. The average molecular weight is 456 g/mol. The molecule has 6 heteroatoms. The topological polar surface area (TPSA) is 79.8 Å². The van der Waals surface area contributed by atoms with Crippen molar-refractivity contribution in [2.24, 2.45) is 11.0 Å². The first-order chi connectivity index (χ1) is 16.7. The standard InChI is InChI=1S/C28H29N3O3/c32-27(23-11-5-2-6-12-23)30-25-16-14-24(15-17-25)28(33)31-29-19-22-10-7-13-26(18-22)34-20-21-8-3-1-4-9-21/h1,3-4,7-10,13-19,23H,2,5-6,11-12,20H2,(H,30,32)(H,31,33)/b29-19+. The minimum atomic E-state index is -0.321. The Morgan fingerprint density at radius 2 is 1.68 bits per heavy atom. The van der Waals surface area contributed by atoms with E-state index in [0.717, 1.165) is 42.6 Å². The number of hydrazone groups is 1. The molecule has 1 saturated carbocycles. The lowest BCUT2D eigenvalue weighted by molar-refractivity contribution is -0.120. The van der Waals surface area contributed by atoms with E-state index in [1.807, 2.05) is 54.6 Å². The molecule has 0 saturated heterocycles. The maximum absolute atomic E-state index is 12.4. The summed E-state index contributed by atoms with van der Waals surface area (Å²) in [5.41, 5.74) is 5.60. The molecule has 6 nitrogen and oxygen atoms in total. The highest BCUT2D eigenvalue weighted by molar-refractivity contribution is 5.96. The van der Waals surface area contributed by atoms with Gasteiger partial charge in [0.25, 0.3) is 5.91 Å². The first kappa shape index (κ1) is 23.2. The van der Waals surface area contributed by atoms with Crippen molar-refractivity contribution in [2.45, 2.75) is 38.7 Å². The van der Waals surface area contributed by atoms with Crippen LogP contribution in [-0.2, 0) is 11.4 Å². The second kappa shape index (κ2) is 11.8. The third-order valence-corrected chi connectivity index (χ3v) is 5.88. The van der Waals surface area contributed by atoms with Gasteiger partial charge in [-0.25, -0.2) is 5.43 Å². The molecular formula is C28H29N3O3. The van der Waals surface area contributed by atoms with Gasteiger partial charge in [-0.05, 0) is 60.4 Å². The number of nitrogens with one attached hydrogen (secondary N) is 2. The van der Waals surface area contributed by atoms with Crippen molar-refractivity contribution in [1.82, 2.24) is 5.43 Å². The van der Waals surface area contributed by atoms with Crippen LogP contribution in [0.25, 0.3) is 0 Å². The van der Waals surface area contributed by atoms with Gasteiger partial charge in [0.2, 0.25) is 5.91 Å². The third-order valence-electron chi connectivity index (χ3n) is 5.88. The van der Waals surface area contributed by atoms with Crippen molar-refractivity contribution in [2.75, 3.05) is 5.32 Å². The molecule has 0 bridgehead atoms. The van der Waals surface area contributed by atoms with E-state index in [4.69, 9.17) is 4.74 Å². The predicted octanol–water partition coefficient (Wildman–Crippen LogP) is 5.55. The van der Waals surface area contributed by atoms with Crippen molar-refractivity contribution in [1.29, 1.82) is 0 Å². The average Bonchev–Trinajstić information content (AvgIpc) is 2.89. The van der Waals surface area contributed by atoms with E-state index >= 15 is 0 Å². The molecular weight excluding hydrogens is 426 g/mol. The van der Waals surface area contributed by atoms with E-state index in [0.29, 0.717) is 17.9 Å². The van der Waals surface area contributed by atoms with E-state index in [2.05, 4.69) is 15.8 Å². The molecule has 1 aliphatic rings. The lowest BCUT2D eigenvalue weighted by atomic mass is 9.88. The van der Waals surface area contributed by atoms with Crippen molar-refractivity contribution >= 4 is 23.7 Å². The Labute approximate surface area is 200 Å². The number of hydrogen-bond acceptors (Lipinski definition) is 4. The first-order valence-electron chi connectivity index (χ1n) is 11.7. The lowest BCUT2D eigenvalue weighted by Gasteiger charge is -2.20. The molecule has 0 unspecified atom stereocenters. The summed E-state index contributed by atoms with van der Waals surface area (Å²) in [7, 11) is 0. The van der Waals surface area contributed by atoms with Gasteiger partial charge in [0.1, 0.15) is 12.4 Å². The quantitative estimate of drug-likeness (QED) is 0.345. The smallest absolute Gasteiger partial charge is 0.271 e. The molecule has 0 aliphatic heterocycles. The van der Waals surface area contributed by atoms with Gasteiger partial charge in [0.15, 0.2) is 0 Å². The molecule has 0 radical (unpaired) electrons. The summed E-state index contributed by atoms with van der Waals surface area (Å²) >= 11 is 0. The molecule has 2 N–H and O–H groups in total. The van der Waals surface area contributed by atoms with Gasteiger partial charge in [-0.15, -0.1) is 0 Å². The highest BCUT2D eigenvalue weighted by Gasteiger charge is 2.21. The number of nitrogens with zero attached hydrogens (tertiary/aromatic N) is 1. The number of amides is 2. The predicted molar refractivity (Wildman–Crippen MR) is 134 cm³/mol. The zero-order chi connectivity index (χ0) is 23.6. The van der Waals surface area contributed by atoms with Crippen LogP contribution >= 0.6 is 0 Å². The molecule has 0 spiro atoms. The molecule has 3 aromatic rings. The molecule has 0 atom stereocenters. The van der Waals surface area contributed by atoms with Gasteiger partial charge in [-0.3, -0.25) is 9.59 Å². The minimum Gasteiger partial charge on any atom is -0.489 e. The summed E-state index contributed by atoms with van der Waals surface area (Å²) in [4.78, 5) is 24.8. The Hall–Kier alpha value is -3.93. The van der Waals surface area contributed by atoms with Crippen LogP contribution < -0.4 is 15.5 Å². The molecule has 3 aromatic carbocycles. The minimum absolute atomic E-state index is 0.0662. The summed E-state index contributed by atoms with van der Waals surface area (Å²) in [6.45, 7) is 0.481. The van der Waals surface area contributed by atoms with Gasteiger partial charge in [0.05, 0.1) is 6.21 Å². The molecule has 1 fully saturated rings. The Balaban J connectivity index is 1.26. The molecule has 1 aliphatic carbocycles. The second-order valence-electron chi connectivity index (χ2n) is 8.45. The molecule has 4 rings (SSSR count). The first-order valence-corrected chi connectivity index (χ1v) is 11.7. The van der Waals surface area contributed by atoms with Crippen LogP contribution in [0.4, 0.5) is 5.69 Å². The Morgan fingerprint density at radius 1 is 0.912 bits per heavy atom. The normalized spacial score (nSPS) is 14.0. The van der Waals surface area contributed by atoms with Crippen molar-refractivity contribution in [3.63, 3.8) is 0 Å². The van der Waals surface area contributed by atoms with Gasteiger partial charge in [-0.2, -0.15) is 5.10 Å². The van der Waals surface area contributed by atoms with E-state index in [9.17, 15) is 9.59 Å². The van der Waals surface area contributed by atoms with Gasteiger partial charge in [-0.1, -0.05) is 61.7 Å². The monoisotopic (exact) mass is 455 g/mol. The summed E-state index contributed by atoms with van der Waals surface area (Å²) in [5, 5.41) is 7.02. The zero-order valence-electron chi connectivity index (χ0n) is 19.1. The SMILES string of the molecule is O=C(N/N=C/c1cccc(OCc2ccccc2)c1)c1ccc(NC(=O)C2CCCCC2)cc1. The van der Waals surface area contributed by atoms with Gasteiger partial charge >= 0.3 is 0 Å². The fraction of sp³-hybridized carbons (Fsp3) is 0.250. The summed E-state index contributed by atoms with van der Waals surface area (Å²) in [6, 6.07) is 24.3. The van der Waals surface area contributed by atoms with Crippen LogP contribution in [0.5, 0.6) is 5.75 Å². The van der Waals surface area contributed by atoms with Gasteiger partial charge in [0, 0.05) is 17.2 Å². The van der Waals surface area contributed by atoms with E-state index in [1.165, 1.54) is 6.42 Å². The second-order valence-corrected chi connectivity index (χ2v) is 8.45. The van der Waals surface area contributed by atoms with Crippen LogP contribution in [-0.4, -0.2) is 18.0 Å². The Morgan fingerprint density at radius 3 is 2.44 bits per heavy atom. The van der Waals surface area contributed by atoms with Crippen LogP contribution in [0.2, 0.25) is 0 Å². The maximum Gasteiger partial charge on any atom is 0.271 e. The molecule has 2 amide bonds. The molecule has 0 aromatic heterocycles. The number of rotatable bonds is 8. The highest BCUT2D eigenvalue weighted by atomic mass is 16.5. The van der Waals surface area contributed by atoms with Crippen LogP contribution in [0.1, 0.15) is 53.6 Å². The zero-order valence-corrected chi connectivity index (χ0v) is 19.1. The Bertz CT molecular complexity index is 1120. The van der Waals surface area contributed by atoms with E-state index in [1.54, 1.807) is 30.5 Å². The van der Waals surface area contributed by atoms with Gasteiger partial charge < -0.3 is 10.1 Å². The van der Waals surface area contributed by atoms with Crippen molar-refractivity contribution in [3.8, 4) is 5.75 Å². The van der Waals surface area contributed by atoms with Crippen LogP contribution in [0, 0.1) is 5.92 Å². The molecule has 174 valence electrons. The number of benzene rings is 3. The van der Waals surface area contributed by atoms with Crippen molar-refractivity contribution < 1.29 is 14.3 Å². The highest BCUT2D eigenvalue weighted by Crippen LogP contribution is 2.25. The summed E-state index contributed by atoms with van der Waals surface area (Å²) < 4.78 is 5.83. The molecule has 34 heavy (non-hydrogen) atoms. The van der Waals surface area contributed by atoms with Crippen LogP contribution in [0.15, 0.2) is 84.0 Å². The van der Waals surface area contributed by atoms with Crippen LogP contribution in [0.3, 0.4) is 0 Å². The largest absolute Gasteiger partial charge is 0.489 e. The Kier molecular flexibility index (Phi) is 8.06. The van der Waals surface area contributed by atoms with E-state index < -0.39 is 0 Å². The number of carbonyl (C=O) groups is 2. The number of carbonyl (C=O) groups excluding carboxylic acids is 2. The lowest BCUT2D eigenvalue weighted by Crippen LogP contribution is -2.24. The fourth-order valence-electron chi connectivity index (χ4n) is 3.97. The number of ether oxygens (including phenoxy) is 1.